The first-order valence-corrected chi connectivity index (χ1v) is 6.48. The molecule has 18 heavy (non-hydrogen) atoms. The number of nitrogens with two attached hydrogens (primary N) is 1. The summed E-state index contributed by atoms with van der Waals surface area (Å²) in [4.78, 5) is 14.3. The highest BCUT2D eigenvalue weighted by molar-refractivity contribution is 6.31. The van der Waals surface area contributed by atoms with Crippen LogP contribution in [-0.4, -0.2) is 37.0 Å². The molecule has 0 aromatic heterocycles. The largest absolute Gasteiger partial charge is 0.399 e. The SMILES string of the molecule is CN1CCCC(NC(=O)c2cc(N)cc(Cl)c2)C1. The van der Waals surface area contributed by atoms with Gasteiger partial charge in [0.05, 0.1) is 0 Å². The minimum atomic E-state index is -0.107. The van der Waals surface area contributed by atoms with E-state index in [2.05, 4.69) is 17.3 Å². The fourth-order valence-electron chi connectivity index (χ4n) is 2.30. The van der Waals surface area contributed by atoms with E-state index >= 15 is 0 Å². The van der Waals surface area contributed by atoms with Crippen LogP contribution in [0.4, 0.5) is 5.69 Å². The van der Waals surface area contributed by atoms with Gasteiger partial charge in [0.1, 0.15) is 0 Å². The minimum Gasteiger partial charge on any atom is -0.399 e. The molecule has 0 saturated carbocycles. The van der Waals surface area contributed by atoms with Crippen LogP contribution in [0.1, 0.15) is 23.2 Å². The Hall–Kier alpha value is -1.26. The third kappa shape index (κ3) is 3.37. The molecule has 1 saturated heterocycles. The van der Waals surface area contributed by atoms with E-state index in [4.69, 9.17) is 17.3 Å². The lowest BCUT2D eigenvalue weighted by Crippen LogP contribution is -2.46. The molecule has 1 aromatic carbocycles. The van der Waals surface area contributed by atoms with Gasteiger partial charge in [-0.05, 0) is 44.6 Å². The first kappa shape index (κ1) is 13.2. The number of carbonyl (C=O) groups excluding carboxylic acids is 1. The smallest absolute Gasteiger partial charge is 0.251 e. The van der Waals surface area contributed by atoms with Gasteiger partial charge in [0.15, 0.2) is 0 Å². The van der Waals surface area contributed by atoms with E-state index in [1.54, 1.807) is 18.2 Å². The van der Waals surface area contributed by atoms with Crippen LogP contribution in [0, 0.1) is 0 Å². The fourth-order valence-corrected chi connectivity index (χ4v) is 2.54. The molecule has 1 aliphatic rings. The van der Waals surface area contributed by atoms with Crippen LogP contribution in [0.15, 0.2) is 18.2 Å². The second-order valence-electron chi connectivity index (χ2n) is 4.85. The molecule has 1 fully saturated rings. The lowest BCUT2D eigenvalue weighted by atomic mass is 10.1. The van der Waals surface area contributed by atoms with E-state index in [1.807, 2.05) is 0 Å². The predicted molar refractivity (Wildman–Crippen MR) is 73.8 cm³/mol. The van der Waals surface area contributed by atoms with Crippen molar-refractivity contribution in [1.82, 2.24) is 10.2 Å². The standard InChI is InChI=1S/C13H18ClN3O/c1-17-4-2-3-12(8-17)16-13(18)9-5-10(14)7-11(15)6-9/h5-7,12H,2-4,8,15H2,1H3,(H,16,18). The molecular formula is C13H18ClN3O. The molecule has 2 rings (SSSR count). The average Bonchev–Trinajstić information content (AvgIpc) is 2.27. The van der Waals surface area contributed by atoms with E-state index < -0.39 is 0 Å². The maximum absolute atomic E-state index is 12.1. The molecule has 1 atom stereocenters. The number of benzene rings is 1. The zero-order chi connectivity index (χ0) is 13.1. The Morgan fingerprint density at radius 1 is 1.50 bits per heavy atom. The topological polar surface area (TPSA) is 58.4 Å². The maximum Gasteiger partial charge on any atom is 0.251 e. The summed E-state index contributed by atoms with van der Waals surface area (Å²) in [7, 11) is 2.07. The van der Waals surface area contributed by atoms with Crippen molar-refractivity contribution in [2.45, 2.75) is 18.9 Å². The van der Waals surface area contributed by atoms with Crippen LogP contribution >= 0.6 is 11.6 Å². The van der Waals surface area contributed by atoms with Crippen LogP contribution in [-0.2, 0) is 0 Å². The third-order valence-electron chi connectivity index (χ3n) is 3.14. The summed E-state index contributed by atoms with van der Waals surface area (Å²) in [6, 6.07) is 5.12. The van der Waals surface area contributed by atoms with Gasteiger partial charge in [-0.3, -0.25) is 4.79 Å². The van der Waals surface area contributed by atoms with Crippen molar-refractivity contribution in [1.29, 1.82) is 0 Å². The first-order valence-electron chi connectivity index (χ1n) is 6.10. The number of carbonyl (C=O) groups is 1. The molecule has 0 spiro atoms. The van der Waals surface area contributed by atoms with Crippen molar-refractivity contribution < 1.29 is 4.79 Å². The van der Waals surface area contributed by atoms with Gasteiger partial charge in [-0.2, -0.15) is 0 Å². The molecular weight excluding hydrogens is 250 g/mol. The van der Waals surface area contributed by atoms with Crippen molar-refractivity contribution in [2.75, 3.05) is 25.9 Å². The van der Waals surface area contributed by atoms with E-state index in [0.29, 0.717) is 16.3 Å². The number of likely N-dealkylation sites (N-methyl/N-ethyl adjacent to an activating group) is 1. The van der Waals surface area contributed by atoms with Crippen LogP contribution in [0.25, 0.3) is 0 Å². The number of anilines is 1. The summed E-state index contributed by atoms with van der Waals surface area (Å²) >= 11 is 5.89. The summed E-state index contributed by atoms with van der Waals surface area (Å²) in [5.41, 5.74) is 6.71. The number of nitrogens with one attached hydrogen (secondary N) is 1. The molecule has 1 aliphatic heterocycles. The van der Waals surface area contributed by atoms with Gasteiger partial charge in [-0.15, -0.1) is 0 Å². The third-order valence-corrected chi connectivity index (χ3v) is 3.36. The quantitative estimate of drug-likeness (QED) is 0.803. The number of likely N-dealkylation sites (tertiary alicyclic amines) is 1. The number of amides is 1. The predicted octanol–water partition coefficient (Wildman–Crippen LogP) is 1.75. The van der Waals surface area contributed by atoms with Crippen molar-refractivity contribution in [2.24, 2.45) is 0 Å². The first-order chi connectivity index (χ1) is 8.54. The molecule has 1 heterocycles. The Morgan fingerprint density at radius 2 is 2.28 bits per heavy atom. The lowest BCUT2D eigenvalue weighted by molar-refractivity contribution is 0.0912. The Labute approximate surface area is 112 Å². The summed E-state index contributed by atoms with van der Waals surface area (Å²) in [5.74, 6) is -0.107. The van der Waals surface area contributed by atoms with Crippen molar-refractivity contribution >= 4 is 23.2 Å². The van der Waals surface area contributed by atoms with Gasteiger partial charge in [-0.25, -0.2) is 0 Å². The Balaban J connectivity index is 2.02. The van der Waals surface area contributed by atoms with Crippen molar-refractivity contribution in [3.05, 3.63) is 28.8 Å². The molecule has 1 unspecified atom stereocenters. The van der Waals surface area contributed by atoms with E-state index in [-0.39, 0.29) is 11.9 Å². The molecule has 0 radical (unpaired) electrons. The van der Waals surface area contributed by atoms with Gasteiger partial charge in [0, 0.05) is 28.9 Å². The monoisotopic (exact) mass is 267 g/mol. The number of rotatable bonds is 2. The van der Waals surface area contributed by atoms with Crippen molar-refractivity contribution in [3.8, 4) is 0 Å². The lowest BCUT2D eigenvalue weighted by Gasteiger charge is -2.30. The Kier molecular flexibility index (Phi) is 4.09. The number of hydrogen-bond donors (Lipinski definition) is 2. The van der Waals surface area contributed by atoms with Crippen LogP contribution in [0.2, 0.25) is 5.02 Å². The van der Waals surface area contributed by atoms with Gasteiger partial charge in [0.25, 0.3) is 5.91 Å². The summed E-state index contributed by atoms with van der Waals surface area (Å²) in [6.07, 6.45) is 2.13. The molecule has 4 nitrogen and oxygen atoms in total. The molecule has 3 N–H and O–H groups in total. The maximum atomic E-state index is 12.1. The summed E-state index contributed by atoms with van der Waals surface area (Å²) in [6.45, 7) is 1.98. The zero-order valence-electron chi connectivity index (χ0n) is 10.4. The Morgan fingerprint density at radius 3 is 2.94 bits per heavy atom. The average molecular weight is 268 g/mol. The normalized spacial score (nSPS) is 20.7. The van der Waals surface area contributed by atoms with Gasteiger partial charge in [0.2, 0.25) is 0 Å². The molecule has 98 valence electrons. The highest BCUT2D eigenvalue weighted by Crippen LogP contribution is 2.17. The van der Waals surface area contributed by atoms with Crippen LogP contribution < -0.4 is 11.1 Å². The van der Waals surface area contributed by atoms with Gasteiger partial charge in [-0.1, -0.05) is 11.6 Å². The minimum absolute atomic E-state index is 0.107. The van der Waals surface area contributed by atoms with Crippen LogP contribution in [0.3, 0.4) is 0 Å². The molecule has 0 aliphatic carbocycles. The van der Waals surface area contributed by atoms with E-state index in [0.717, 1.165) is 25.9 Å². The van der Waals surface area contributed by atoms with E-state index in [1.165, 1.54) is 0 Å². The van der Waals surface area contributed by atoms with Crippen LogP contribution in [0.5, 0.6) is 0 Å². The zero-order valence-corrected chi connectivity index (χ0v) is 11.2. The molecule has 0 bridgehead atoms. The molecule has 1 amide bonds. The molecule has 5 heteroatoms. The number of hydrogen-bond acceptors (Lipinski definition) is 3. The van der Waals surface area contributed by atoms with Gasteiger partial charge < -0.3 is 16.0 Å². The van der Waals surface area contributed by atoms with Crippen molar-refractivity contribution in [3.63, 3.8) is 0 Å². The second kappa shape index (κ2) is 5.59. The Bertz CT molecular complexity index is 430. The second-order valence-corrected chi connectivity index (χ2v) is 5.28. The number of nitrogens with zero attached hydrogens (tertiary/aromatic N) is 1. The number of halogens is 1. The molecule has 1 aromatic rings. The number of nitrogen functional groups attached to an aromatic ring is 1. The van der Waals surface area contributed by atoms with E-state index in [9.17, 15) is 4.79 Å². The highest BCUT2D eigenvalue weighted by atomic mass is 35.5. The summed E-state index contributed by atoms with van der Waals surface area (Å²) in [5, 5.41) is 3.51. The number of piperidine rings is 1. The highest BCUT2D eigenvalue weighted by Gasteiger charge is 2.19. The summed E-state index contributed by atoms with van der Waals surface area (Å²) < 4.78 is 0. The fraction of sp³-hybridized carbons (Fsp3) is 0.462. The van der Waals surface area contributed by atoms with Gasteiger partial charge >= 0.3 is 0 Å².